The second kappa shape index (κ2) is 5.77. The summed E-state index contributed by atoms with van der Waals surface area (Å²) in [6.07, 6.45) is 3.36. The van der Waals surface area contributed by atoms with Crippen molar-refractivity contribution >= 4 is 29.7 Å². The van der Waals surface area contributed by atoms with Gasteiger partial charge in [-0.2, -0.15) is 0 Å². The van der Waals surface area contributed by atoms with E-state index in [9.17, 15) is 4.79 Å². The topological polar surface area (TPSA) is 45.2 Å². The van der Waals surface area contributed by atoms with Gasteiger partial charge in [-0.1, -0.05) is 0 Å². The number of fused-ring (bicyclic) bond motifs is 2. The zero-order chi connectivity index (χ0) is 12.7. The average molecular weight is 302 g/mol. The van der Waals surface area contributed by atoms with Gasteiger partial charge in [-0.25, -0.2) is 4.98 Å². The van der Waals surface area contributed by atoms with Gasteiger partial charge in [0.25, 0.3) is 5.91 Å². The molecule has 3 rings (SSSR count). The fraction of sp³-hybridized carbons (Fsp3) is 0.692. The van der Waals surface area contributed by atoms with Gasteiger partial charge in [-0.05, 0) is 39.7 Å². The lowest BCUT2D eigenvalue weighted by Gasteiger charge is -2.27. The van der Waals surface area contributed by atoms with Crippen molar-refractivity contribution in [2.75, 3.05) is 13.1 Å². The third kappa shape index (κ3) is 2.64. The number of hydrogen-bond acceptors (Lipinski definition) is 4. The van der Waals surface area contributed by atoms with Crippen LogP contribution in [0.1, 0.15) is 39.6 Å². The highest BCUT2D eigenvalue weighted by molar-refractivity contribution is 7.11. The third-order valence-corrected chi connectivity index (χ3v) is 4.88. The fourth-order valence-electron chi connectivity index (χ4n) is 3.16. The average Bonchev–Trinajstić information content (AvgIpc) is 2.76. The Hall–Kier alpha value is -0.650. The molecule has 19 heavy (non-hydrogen) atoms. The number of amides is 1. The maximum absolute atomic E-state index is 12.7. The first-order chi connectivity index (χ1) is 8.66. The largest absolute Gasteiger partial charge is 0.330 e. The molecule has 6 heteroatoms. The molecular formula is C13H20ClN3OS. The van der Waals surface area contributed by atoms with E-state index in [0.717, 1.165) is 42.2 Å². The number of hydrogen-bond donors (Lipinski definition) is 1. The van der Waals surface area contributed by atoms with Gasteiger partial charge in [0.15, 0.2) is 0 Å². The van der Waals surface area contributed by atoms with E-state index in [1.54, 1.807) is 11.3 Å². The Morgan fingerprint density at radius 1 is 1.32 bits per heavy atom. The van der Waals surface area contributed by atoms with Gasteiger partial charge in [0.1, 0.15) is 5.69 Å². The van der Waals surface area contributed by atoms with E-state index >= 15 is 0 Å². The number of rotatable bonds is 1. The first-order valence-electron chi connectivity index (χ1n) is 6.64. The standard InChI is InChI=1S/C13H19N3OS.ClH/c1-8-12(15-9(2)18-8)13(17)16-10-3-4-11(16)7-14-6-5-10;/h10-11,14H,3-7H2,1-2H3;1H/t10-,11+;/m1./s1. The van der Waals surface area contributed by atoms with Gasteiger partial charge in [-0.15, -0.1) is 23.7 Å². The Bertz CT molecular complexity index is 462. The summed E-state index contributed by atoms with van der Waals surface area (Å²) in [7, 11) is 0. The van der Waals surface area contributed by atoms with Gasteiger partial charge in [0.2, 0.25) is 0 Å². The van der Waals surface area contributed by atoms with Crippen molar-refractivity contribution in [3.05, 3.63) is 15.6 Å². The predicted octanol–water partition coefficient (Wildman–Crippen LogP) is 2.15. The van der Waals surface area contributed by atoms with Gasteiger partial charge >= 0.3 is 0 Å². The zero-order valence-electron chi connectivity index (χ0n) is 11.3. The summed E-state index contributed by atoms with van der Waals surface area (Å²) < 4.78 is 0. The highest BCUT2D eigenvalue weighted by Crippen LogP contribution is 2.30. The molecule has 4 nitrogen and oxygen atoms in total. The predicted molar refractivity (Wildman–Crippen MR) is 79.3 cm³/mol. The molecule has 2 aliphatic heterocycles. The number of halogens is 1. The number of nitrogens with one attached hydrogen (secondary N) is 1. The van der Waals surface area contributed by atoms with Crippen LogP contribution in [0.15, 0.2) is 0 Å². The number of thiazole rings is 1. The van der Waals surface area contributed by atoms with E-state index in [-0.39, 0.29) is 18.3 Å². The molecule has 1 amide bonds. The Labute approximate surface area is 124 Å². The lowest BCUT2D eigenvalue weighted by molar-refractivity contribution is 0.0674. The normalized spacial score (nSPS) is 25.9. The SMILES string of the molecule is Cc1nc(C(=O)N2[C@H]3CCNC[C@@H]2CC3)c(C)s1.Cl. The highest BCUT2D eigenvalue weighted by Gasteiger charge is 2.39. The molecule has 2 saturated heterocycles. The second-order valence-electron chi connectivity index (χ2n) is 5.23. The maximum Gasteiger partial charge on any atom is 0.274 e. The van der Waals surface area contributed by atoms with Crippen LogP contribution >= 0.6 is 23.7 Å². The minimum Gasteiger partial charge on any atom is -0.330 e. The Kier molecular flexibility index (Phi) is 4.48. The monoisotopic (exact) mass is 301 g/mol. The Morgan fingerprint density at radius 2 is 2.05 bits per heavy atom. The van der Waals surface area contributed by atoms with Crippen molar-refractivity contribution in [3.8, 4) is 0 Å². The van der Waals surface area contributed by atoms with Crippen molar-refractivity contribution in [1.29, 1.82) is 0 Å². The molecule has 0 unspecified atom stereocenters. The molecule has 0 aromatic carbocycles. The molecule has 1 N–H and O–H groups in total. The van der Waals surface area contributed by atoms with E-state index in [2.05, 4.69) is 15.2 Å². The molecule has 2 fully saturated rings. The van der Waals surface area contributed by atoms with E-state index in [4.69, 9.17) is 0 Å². The molecule has 0 radical (unpaired) electrons. The Balaban J connectivity index is 0.00000133. The molecular weight excluding hydrogens is 282 g/mol. The number of carbonyl (C=O) groups excluding carboxylic acids is 1. The summed E-state index contributed by atoms with van der Waals surface area (Å²) in [5.41, 5.74) is 0.677. The van der Waals surface area contributed by atoms with Crippen LogP contribution in [0.25, 0.3) is 0 Å². The van der Waals surface area contributed by atoms with E-state index in [1.807, 2.05) is 13.8 Å². The summed E-state index contributed by atoms with van der Waals surface area (Å²) in [6.45, 7) is 5.92. The molecule has 0 aliphatic carbocycles. The lowest BCUT2D eigenvalue weighted by Crippen LogP contribution is -2.42. The van der Waals surface area contributed by atoms with Crippen LogP contribution < -0.4 is 5.32 Å². The molecule has 2 atom stereocenters. The molecule has 106 valence electrons. The van der Waals surface area contributed by atoms with Crippen LogP contribution in [-0.2, 0) is 0 Å². The fourth-order valence-corrected chi connectivity index (χ4v) is 3.97. The van der Waals surface area contributed by atoms with Crippen LogP contribution in [0.4, 0.5) is 0 Å². The summed E-state index contributed by atoms with van der Waals surface area (Å²) in [6, 6.07) is 0.783. The first-order valence-corrected chi connectivity index (χ1v) is 7.46. The van der Waals surface area contributed by atoms with Gasteiger partial charge in [0, 0.05) is 23.5 Å². The molecule has 1 aromatic heterocycles. The molecule has 1 aromatic rings. The molecule has 2 bridgehead atoms. The van der Waals surface area contributed by atoms with Crippen LogP contribution in [0.2, 0.25) is 0 Å². The van der Waals surface area contributed by atoms with Crippen molar-refractivity contribution < 1.29 is 4.79 Å². The van der Waals surface area contributed by atoms with Crippen LogP contribution in [0, 0.1) is 13.8 Å². The molecule has 0 spiro atoms. The maximum atomic E-state index is 12.7. The van der Waals surface area contributed by atoms with E-state index in [1.165, 1.54) is 0 Å². The van der Waals surface area contributed by atoms with E-state index in [0.29, 0.717) is 17.8 Å². The second-order valence-corrected chi connectivity index (χ2v) is 6.64. The number of aryl methyl sites for hydroxylation is 2. The summed E-state index contributed by atoms with van der Waals surface area (Å²) in [4.78, 5) is 20.3. The first kappa shape index (κ1) is 14.8. The lowest BCUT2D eigenvalue weighted by atomic mass is 10.1. The van der Waals surface area contributed by atoms with Crippen LogP contribution in [0.3, 0.4) is 0 Å². The van der Waals surface area contributed by atoms with Crippen molar-refractivity contribution in [2.24, 2.45) is 0 Å². The molecule has 2 aliphatic rings. The van der Waals surface area contributed by atoms with Gasteiger partial charge < -0.3 is 10.2 Å². The summed E-state index contributed by atoms with van der Waals surface area (Å²) in [5, 5.41) is 4.41. The number of nitrogens with zero attached hydrogens (tertiary/aromatic N) is 2. The molecule has 3 heterocycles. The van der Waals surface area contributed by atoms with Crippen molar-refractivity contribution in [1.82, 2.24) is 15.2 Å². The number of aromatic nitrogens is 1. The zero-order valence-corrected chi connectivity index (χ0v) is 12.9. The number of carbonyl (C=O) groups is 1. The molecule has 0 saturated carbocycles. The van der Waals surface area contributed by atoms with Gasteiger partial charge in [0.05, 0.1) is 5.01 Å². The minimum absolute atomic E-state index is 0. The third-order valence-electron chi connectivity index (χ3n) is 3.99. The van der Waals surface area contributed by atoms with E-state index < -0.39 is 0 Å². The van der Waals surface area contributed by atoms with Crippen molar-refractivity contribution in [3.63, 3.8) is 0 Å². The highest BCUT2D eigenvalue weighted by atomic mass is 35.5. The minimum atomic E-state index is 0. The van der Waals surface area contributed by atoms with Gasteiger partial charge in [-0.3, -0.25) is 4.79 Å². The van der Waals surface area contributed by atoms with Crippen LogP contribution in [-0.4, -0.2) is 41.0 Å². The quantitative estimate of drug-likeness (QED) is 0.864. The van der Waals surface area contributed by atoms with Crippen LogP contribution in [0.5, 0.6) is 0 Å². The summed E-state index contributed by atoms with van der Waals surface area (Å²) >= 11 is 1.62. The summed E-state index contributed by atoms with van der Waals surface area (Å²) in [5.74, 6) is 0.146. The Morgan fingerprint density at radius 3 is 2.74 bits per heavy atom. The van der Waals surface area contributed by atoms with Crippen molar-refractivity contribution in [2.45, 2.75) is 45.2 Å². The smallest absolute Gasteiger partial charge is 0.274 e.